The second-order valence-corrected chi connectivity index (χ2v) is 5.59. The first-order chi connectivity index (χ1) is 9.95. The zero-order valence-electron chi connectivity index (χ0n) is 12.2. The van der Waals surface area contributed by atoms with Crippen LogP contribution in [0.5, 0.6) is 0 Å². The molecule has 0 spiro atoms. The summed E-state index contributed by atoms with van der Waals surface area (Å²) >= 11 is 6.12. The van der Waals surface area contributed by atoms with Crippen molar-refractivity contribution in [1.82, 2.24) is 0 Å². The first-order valence-corrected chi connectivity index (χ1v) is 7.14. The summed E-state index contributed by atoms with van der Waals surface area (Å²) < 4.78 is 0. The number of halogens is 1. The molecule has 0 aliphatic carbocycles. The van der Waals surface area contributed by atoms with Crippen LogP contribution < -0.4 is 5.32 Å². The summed E-state index contributed by atoms with van der Waals surface area (Å²) in [7, 11) is 0. The van der Waals surface area contributed by atoms with Gasteiger partial charge in [-0.05, 0) is 31.5 Å². The highest BCUT2D eigenvalue weighted by Gasteiger charge is 2.09. The van der Waals surface area contributed by atoms with Crippen LogP contribution in [-0.4, -0.2) is 5.78 Å². The molecule has 3 heteroatoms. The van der Waals surface area contributed by atoms with Gasteiger partial charge in [0.25, 0.3) is 0 Å². The van der Waals surface area contributed by atoms with E-state index in [-0.39, 0.29) is 12.2 Å². The summed E-state index contributed by atoms with van der Waals surface area (Å²) in [4.78, 5) is 12.2. The first-order valence-electron chi connectivity index (χ1n) is 6.76. The minimum absolute atomic E-state index is 0.0382. The van der Waals surface area contributed by atoms with Crippen molar-refractivity contribution in [2.45, 2.75) is 20.3 Å². The number of nitrogens with one attached hydrogen (secondary N) is 1. The monoisotopic (exact) mass is 299 g/mol. The lowest BCUT2D eigenvalue weighted by Crippen LogP contribution is -2.06. The minimum atomic E-state index is 0.0382. The van der Waals surface area contributed by atoms with Gasteiger partial charge in [-0.25, -0.2) is 0 Å². The van der Waals surface area contributed by atoms with Crippen molar-refractivity contribution in [3.8, 4) is 0 Å². The molecule has 2 nitrogen and oxygen atoms in total. The maximum atomic E-state index is 12.2. The van der Waals surface area contributed by atoms with Gasteiger partial charge in [-0.2, -0.15) is 0 Å². The standard InChI is InChI=1S/C18H18ClNO/c1-12-4-7-15(8-5-12)18(21)11-14(3)20-17-10-13(2)6-9-16(17)19/h4-10,20H,3,11H2,1-2H3. The van der Waals surface area contributed by atoms with Gasteiger partial charge in [-0.15, -0.1) is 0 Å². The van der Waals surface area contributed by atoms with Crippen LogP contribution in [0, 0.1) is 13.8 Å². The molecule has 21 heavy (non-hydrogen) atoms. The molecular formula is C18H18ClNO. The number of allylic oxidation sites excluding steroid dienone is 1. The minimum Gasteiger partial charge on any atom is -0.358 e. The summed E-state index contributed by atoms with van der Waals surface area (Å²) in [5, 5.41) is 3.73. The molecule has 0 unspecified atom stereocenters. The number of rotatable bonds is 5. The first kappa shape index (κ1) is 15.3. The smallest absolute Gasteiger partial charge is 0.168 e. The summed E-state index contributed by atoms with van der Waals surface area (Å²) in [6, 6.07) is 13.2. The number of hydrogen-bond donors (Lipinski definition) is 1. The van der Waals surface area contributed by atoms with E-state index in [9.17, 15) is 4.79 Å². The Morgan fingerprint density at radius 1 is 1.10 bits per heavy atom. The summed E-state index contributed by atoms with van der Waals surface area (Å²) in [5.74, 6) is 0.0382. The van der Waals surface area contributed by atoms with Crippen LogP contribution in [0.25, 0.3) is 0 Å². The van der Waals surface area contributed by atoms with Crippen molar-refractivity contribution in [2.24, 2.45) is 0 Å². The van der Waals surface area contributed by atoms with E-state index in [1.807, 2.05) is 56.3 Å². The molecule has 0 aliphatic rings. The second-order valence-electron chi connectivity index (χ2n) is 5.18. The van der Waals surface area contributed by atoms with Crippen molar-refractivity contribution in [1.29, 1.82) is 0 Å². The molecule has 2 aromatic carbocycles. The molecule has 108 valence electrons. The highest BCUT2D eigenvalue weighted by atomic mass is 35.5. The van der Waals surface area contributed by atoms with Crippen LogP contribution in [-0.2, 0) is 0 Å². The Morgan fingerprint density at radius 2 is 1.71 bits per heavy atom. The van der Waals surface area contributed by atoms with E-state index in [4.69, 9.17) is 11.6 Å². The number of benzene rings is 2. The molecule has 1 N–H and O–H groups in total. The molecule has 2 aromatic rings. The van der Waals surface area contributed by atoms with Gasteiger partial charge in [0.2, 0.25) is 0 Å². The third-order valence-electron chi connectivity index (χ3n) is 3.18. The fraction of sp³-hybridized carbons (Fsp3) is 0.167. The Balaban J connectivity index is 2.03. The van der Waals surface area contributed by atoms with Gasteiger partial charge < -0.3 is 5.32 Å². The van der Waals surface area contributed by atoms with Gasteiger partial charge in [0, 0.05) is 11.3 Å². The normalized spacial score (nSPS) is 10.2. The van der Waals surface area contributed by atoms with Crippen LogP contribution in [0.2, 0.25) is 5.02 Å². The topological polar surface area (TPSA) is 29.1 Å². The van der Waals surface area contributed by atoms with Crippen molar-refractivity contribution >= 4 is 23.1 Å². The maximum absolute atomic E-state index is 12.2. The Kier molecular flexibility index (Phi) is 4.81. The van der Waals surface area contributed by atoms with Crippen LogP contribution in [0.1, 0.15) is 27.9 Å². The number of carbonyl (C=O) groups is 1. The highest BCUT2D eigenvalue weighted by Crippen LogP contribution is 2.24. The largest absolute Gasteiger partial charge is 0.358 e. The van der Waals surface area contributed by atoms with Crippen molar-refractivity contribution < 1.29 is 4.79 Å². The number of hydrogen-bond acceptors (Lipinski definition) is 2. The van der Waals surface area contributed by atoms with Crippen molar-refractivity contribution in [3.63, 3.8) is 0 Å². The average Bonchev–Trinajstić information content (AvgIpc) is 2.43. The zero-order chi connectivity index (χ0) is 15.4. The lowest BCUT2D eigenvalue weighted by molar-refractivity contribution is 0.0993. The summed E-state index contributed by atoms with van der Waals surface area (Å²) in [6.07, 6.45) is 0.243. The average molecular weight is 300 g/mol. The Bertz CT molecular complexity index is 674. The molecule has 0 radical (unpaired) electrons. The molecule has 0 bridgehead atoms. The molecule has 0 saturated carbocycles. The Hall–Kier alpha value is -2.06. The van der Waals surface area contributed by atoms with Crippen molar-refractivity contribution in [3.05, 3.63) is 76.5 Å². The molecule has 0 amide bonds. The molecule has 2 rings (SSSR count). The molecule has 0 aromatic heterocycles. The van der Waals surface area contributed by atoms with Gasteiger partial charge in [-0.3, -0.25) is 4.79 Å². The van der Waals surface area contributed by atoms with Gasteiger partial charge in [0.05, 0.1) is 17.1 Å². The molecular weight excluding hydrogens is 282 g/mol. The number of ketones is 1. The van der Waals surface area contributed by atoms with Gasteiger partial charge in [-0.1, -0.05) is 54.1 Å². The third kappa shape index (κ3) is 4.20. The van der Waals surface area contributed by atoms with Crippen LogP contribution in [0.15, 0.2) is 54.7 Å². The maximum Gasteiger partial charge on any atom is 0.168 e. The quantitative estimate of drug-likeness (QED) is 0.773. The van der Waals surface area contributed by atoms with Crippen LogP contribution >= 0.6 is 11.6 Å². The van der Waals surface area contributed by atoms with E-state index < -0.39 is 0 Å². The van der Waals surface area contributed by atoms with Gasteiger partial charge in [0.1, 0.15) is 0 Å². The second kappa shape index (κ2) is 6.59. The molecule has 0 fully saturated rings. The van der Waals surface area contributed by atoms with Gasteiger partial charge in [0.15, 0.2) is 5.78 Å². The molecule has 0 aliphatic heterocycles. The van der Waals surface area contributed by atoms with Crippen LogP contribution in [0.3, 0.4) is 0 Å². The van der Waals surface area contributed by atoms with E-state index in [1.165, 1.54) is 0 Å². The van der Waals surface area contributed by atoms with E-state index in [1.54, 1.807) is 0 Å². The number of aryl methyl sites for hydroxylation is 2. The van der Waals surface area contributed by atoms with Crippen LogP contribution in [0.4, 0.5) is 5.69 Å². The van der Waals surface area contributed by atoms with Gasteiger partial charge >= 0.3 is 0 Å². The van der Waals surface area contributed by atoms with E-state index in [2.05, 4.69) is 11.9 Å². The highest BCUT2D eigenvalue weighted by molar-refractivity contribution is 6.33. The fourth-order valence-corrected chi connectivity index (χ4v) is 2.17. The molecule has 0 saturated heterocycles. The number of Topliss-reactive ketones (excluding diaryl/α,β-unsaturated/α-hetero) is 1. The third-order valence-corrected chi connectivity index (χ3v) is 3.51. The summed E-state index contributed by atoms with van der Waals surface area (Å²) in [5.41, 5.74) is 4.33. The molecule has 0 atom stereocenters. The fourth-order valence-electron chi connectivity index (χ4n) is 2.00. The zero-order valence-corrected chi connectivity index (χ0v) is 13.0. The predicted octanol–water partition coefficient (Wildman–Crippen LogP) is 5.16. The van der Waals surface area contributed by atoms with E-state index in [0.29, 0.717) is 16.3 Å². The lowest BCUT2D eigenvalue weighted by Gasteiger charge is -2.11. The van der Waals surface area contributed by atoms with E-state index >= 15 is 0 Å². The Morgan fingerprint density at radius 3 is 2.38 bits per heavy atom. The number of anilines is 1. The summed E-state index contributed by atoms with van der Waals surface area (Å²) in [6.45, 7) is 7.90. The number of carbonyl (C=O) groups excluding carboxylic acids is 1. The Labute approximate surface area is 130 Å². The molecule has 0 heterocycles. The SMILES string of the molecule is C=C(CC(=O)c1ccc(C)cc1)Nc1cc(C)ccc1Cl. The van der Waals surface area contributed by atoms with E-state index in [0.717, 1.165) is 16.8 Å². The lowest BCUT2D eigenvalue weighted by atomic mass is 10.1. The van der Waals surface area contributed by atoms with Crippen molar-refractivity contribution in [2.75, 3.05) is 5.32 Å². The predicted molar refractivity (Wildman–Crippen MR) is 89.1 cm³/mol.